The third kappa shape index (κ3) is 1.80. The number of halogens is 2. The number of hydrogen-bond acceptors (Lipinski definition) is 3. The van der Waals surface area contributed by atoms with E-state index in [0.717, 1.165) is 11.0 Å². The maximum atomic E-state index is 13.2. The van der Waals surface area contributed by atoms with Crippen molar-refractivity contribution in [3.63, 3.8) is 0 Å². The minimum Gasteiger partial charge on any atom is -0.503 e. The van der Waals surface area contributed by atoms with Gasteiger partial charge in [0.1, 0.15) is 0 Å². The first-order valence-electron chi connectivity index (χ1n) is 4.49. The van der Waals surface area contributed by atoms with Crippen LogP contribution >= 0.6 is 15.9 Å². The van der Waals surface area contributed by atoms with Gasteiger partial charge >= 0.3 is 0 Å². The number of aromatic hydroxyl groups is 1. The fourth-order valence-corrected chi connectivity index (χ4v) is 1.98. The van der Waals surface area contributed by atoms with Gasteiger partial charge in [0, 0.05) is 4.47 Å². The van der Waals surface area contributed by atoms with Gasteiger partial charge in [0.25, 0.3) is 0 Å². The molecule has 0 aromatic heterocycles. The molecule has 0 atom stereocenters. The second-order valence-corrected chi connectivity index (χ2v) is 4.37. The van der Waals surface area contributed by atoms with Crippen molar-refractivity contribution >= 4 is 33.3 Å². The van der Waals surface area contributed by atoms with Crippen molar-refractivity contribution in [3.05, 3.63) is 22.4 Å². The van der Waals surface area contributed by atoms with E-state index in [1.54, 1.807) is 0 Å². The lowest BCUT2D eigenvalue weighted by atomic mass is 10.2. The smallest absolute Gasteiger partial charge is 0.235 e. The minimum absolute atomic E-state index is 0.0164. The first-order valence-corrected chi connectivity index (χ1v) is 5.28. The zero-order chi connectivity index (χ0) is 11.9. The highest BCUT2D eigenvalue weighted by Crippen LogP contribution is 2.35. The van der Waals surface area contributed by atoms with Crippen molar-refractivity contribution in [3.8, 4) is 5.75 Å². The number of carbonyl (C=O) groups excluding carboxylic acids is 2. The molecule has 16 heavy (non-hydrogen) atoms. The highest BCUT2D eigenvalue weighted by Gasteiger charge is 2.31. The Morgan fingerprint density at radius 2 is 2.06 bits per heavy atom. The summed E-state index contributed by atoms with van der Waals surface area (Å²) in [6.07, 6.45) is -0.201. The van der Waals surface area contributed by atoms with E-state index in [9.17, 15) is 19.1 Å². The van der Waals surface area contributed by atoms with Crippen molar-refractivity contribution in [1.29, 1.82) is 0 Å². The van der Waals surface area contributed by atoms with Crippen molar-refractivity contribution in [1.82, 2.24) is 0 Å². The van der Waals surface area contributed by atoms with Crippen molar-refractivity contribution in [2.75, 3.05) is 11.4 Å². The van der Waals surface area contributed by atoms with Crippen LogP contribution in [0.15, 0.2) is 16.6 Å². The van der Waals surface area contributed by atoms with Crippen LogP contribution in [-0.2, 0) is 9.59 Å². The van der Waals surface area contributed by atoms with Crippen LogP contribution in [0.3, 0.4) is 0 Å². The molecule has 0 bridgehead atoms. The molecule has 4 nitrogen and oxygen atoms in total. The first-order chi connectivity index (χ1) is 7.49. The highest BCUT2D eigenvalue weighted by molar-refractivity contribution is 9.10. The minimum atomic E-state index is -0.837. The van der Waals surface area contributed by atoms with Crippen LogP contribution in [-0.4, -0.2) is 23.3 Å². The van der Waals surface area contributed by atoms with Crippen LogP contribution in [0.1, 0.15) is 6.42 Å². The quantitative estimate of drug-likeness (QED) is 0.798. The number of carbonyl (C=O) groups is 2. The number of nitrogens with zero attached hydrogens (tertiary/aromatic N) is 1. The van der Waals surface area contributed by atoms with Crippen LogP contribution in [0.2, 0.25) is 0 Å². The van der Waals surface area contributed by atoms with E-state index >= 15 is 0 Å². The van der Waals surface area contributed by atoms with Gasteiger partial charge in [-0.25, -0.2) is 4.39 Å². The second-order valence-electron chi connectivity index (χ2n) is 3.45. The molecule has 1 fully saturated rings. The lowest BCUT2D eigenvalue weighted by molar-refractivity contribution is -0.121. The monoisotopic (exact) mass is 287 g/mol. The Kier molecular flexibility index (Phi) is 2.67. The maximum absolute atomic E-state index is 13.2. The summed E-state index contributed by atoms with van der Waals surface area (Å²) in [5, 5.41) is 9.49. The third-order valence-electron chi connectivity index (χ3n) is 2.28. The topological polar surface area (TPSA) is 57.6 Å². The highest BCUT2D eigenvalue weighted by atomic mass is 79.9. The lowest BCUT2D eigenvalue weighted by Gasteiger charge is -2.16. The summed E-state index contributed by atoms with van der Waals surface area (Å²) in [5.41, 5.74) is 0.0164. The fourth-order valence-electron chi connectivity index (χ4n) is 1.56. The summed E-state index contributed by atoms with van der Waals surface area (Å²) in [4.78, 5) is 23.6. The van der Waals surface area contributed by atoms with Gasteiger partial charge in [-0.1, -0.05) is 15.9 Å². The number of phenolic OH excluding ortho intramolecular Hbond substituents is 1. The first kappa shape index (κ1) is 11.1. The van der Waals surface area contributed by atoms with Crippen LogP contribution < -0.4 is 4.90 Å². The number of hydrogen-bond donors (Lipinski definition) is 1. The van der Waals surface area contributed by atoms with E-state index in [1.807, 2.05) is 0 Å². The molecule has 1 aliphatic heterocycles. The summed E-state index contributed by atoms with van der Waals surface area (Å²) in [5.74, 6) is -2.13. The van der Waals surface area contributed by atoms with Crippen molar-refractivity contribution in [2.24, 2.45) is 0 Å². The molecule has 0 spiro atoms. The van der Waals surface area contributed by atoms with Crippen LogP contribution in [0, 0.1) is 5.82 Å². The summed E-state index contributed by atoms with van der Waals surface area (Å²) in [7, 11) is 0. The summed E-state index contributed by atoms with van der Waals surface area (Å²) < 4.78 is 13.6. The molecular formula is C10H7BrFNO3. The molecule has 1 amide bonds. The normalized spacial score (nSPS) is 16.0. The number of benzene rings is 1. The summed E-state index contributed by atoms with van der Waals surface area (Å²) in [6.45, 7) is -0.123. The van der Waals surface area contributed by atoms with E-state index in [2.05, 4.69) is 15.9 Å². The Bertz CT molecular complexity index is 489. The van der Waals surface area contributed by atoms with E-state index < -0.39 is 17.5 Å². The van der Waals surface area contributed by atoms with Gasteiger partial charge in [-0.05, 0) is 12.1 Å². The zero-order valence-corrected chi connectivity index (χ0v) is 9.62. The number of ketones is 1. The van der Waals surface area contributed by atoms with Gasteiger partial charge in [-0.2, -0.15) is 0 Å². The average molecular weight is 288 g/mol. The van der Waals surface area contributed by atoms with E-state index in [1.165, 1.54) is 6.07 Å². The van der Waals surface area contributed by atoms with Crippen molar-refractivity contribution in [2.45, 2.75) is 6.42 Å². The fraction of sp³-hybridized carbons (Fsp3) is 0.200. The van der Waals surface area contributed by atoms with Gasteiger partial charge in [0.15, 0.2) is 17.3 Å². The molecule has 1 heterocycles. The molecule has 84 valence electrons. The van der Waals surface area contributed by atoms with Gasteiger partial charge in [0.2, 0.25) is 5.91 Å². The van der Waals surface area contributed by atoms with Crippen LogP contribution in [0.4, 0.5) is 10.1 Å². The SMILES string of the molecule is O=C1CC(=O)N(c2cc(Br)cc(F)c2O)C1. The number of phenols is 1. The molecular weight excluding hydrogens is 281 g/mol. The lowest BCUT2D eigenvalue weighted by Crippen LogP contribution is -2.24. The average Bonchev–Trinajstić information content (AvgIpc) is 2.51. The Labute approximate surface area is 98.8 Å². The summed E-state index contributed by atoms with van der Waals surface area (Å²) >= 11 is 3.06. The Morgan fingerprint density at radius 3 is 2.62 bits per heavy atom. The van der Waals surface area contributed by atoms with Crippen molar-refractivity contribution < 1.29 is 19.1 Å². The molecule has 6 heteroatoms. The molecule has 1 aromatic rings. The molecule has 0 unspecified atom stereocenters. The van der Waals surface area contributed by atoms with Gasteiger partial charge in [-0.15, -0.1) is 0 Å². The zero-order valence-electron chi connectivity index (χ0n) is 8.04. The van der Waals surface area contributed by atoms with Crippen LogP contribution in [0.5, 0.6) is 5.75 Å². The molecule has 1 N–H and O–H groups in total. The summed E-state index contributed by atoms with van der Waals surface area (Å²) in [6, 6.07) is 2.48. The number of anilines is 1. The van der Waals surface area contributed by atoms with E-state index in [0.29, 0.717) is 4.47 Å². The second kappa shape index (κ2) is 3.86. The van der Waals surface area contributed by atoms with E-state index in [4.69, 9.17) is 0 Å². The Morgan fingerprint density at radius 1 is 1.38 bits per heavy atom. The maximum Gasteiger partial charge on any atom is 0.235 e. The Hall–Kier alpha value is -1.43. The molecule has 1 aliphatic rings. The molecule has 0 saturated carbocycles. The molecule has 1 saturated heterocycles. The third-order valence-corrected chi connectivity index (χ3v) is 2.74. The molecule has 0 radical (unpaired) electrons. The number of Topliss-reactive ketones (excluding diaryl/α,β-unsaturated/α-hetero) is 1. The molecule has 1 aromatic carbocycles. The Balaban J connectivity index is 2.48. The number of amides is 1. The van der Waals surface area contributed by atoms with Gasteiger partial charge in [0.05, 0.1) is 18.7 Å². The van der Waals surface area contributed by atoms with E-state index in [-0.39, 0.29) is 24.4 Å². The van der Waals surface area contributed by atoms with Gasteiger partial charge in [-0.3, -0.25) is 9.59 Å². The van der Waals surface area contributed by atoms with Gasteiger partial charge < -0.3 is 10.0 Å². The molecule has 0 aliphatic carbocycles. The standard InChI is InChI=1S/C10H7BrFNO3/c11-5-1-7(12)10(16)8(2-5)13-4-6(14)3-9(13)15/h1-2,16H,3-4H2. The molecule has 2 rings (SSSR count). The predicted molar refractivity (Wildman–Crippen MR) is 57.7 cm³/mol. The largest absolute Gasteiger partial charge is 0.503 e. The number of rotatable bonds is 1. The predicted octanol–water partition coefficient (Wildman–Crippen LogP) is 1.60. The van der Waals surface area contributed by atoms with Crippen LogP contribution in [0.25, 0.3) is 0 Å².